The van der Waals surface area contributed by atoms with Gasteiger partial charge in [-0.25, -0.2) is 0 Å². The summed E-state index contributed by atoms with van der Waals surface area (Å²) in [7, 11) is 0. The molecule has 19 heavy (non-hydrogen) atoms. The molecule has 1 heterocycles. The normalized spacial score (nSPS) is 24.3. The van der Waals surface area contributed by atoms with Gasteiger partial charge in [-0.05, 0) is 25.0 Å². The van der Waals surface area contributed by atoms with Crippen LogP contribution in [0.15, 0.2) is 24.3 Å². The third-order valence-electron chi connectivity index (χ3n) is 3.71. The number of carbonyl (C=O) groups is 1. The predicted octanol–water partition coefficient (Wildman–Crippen LogP) is 2.23. The van der Waals surface area contributed by atoms with Gasteiger partial charge in [-0.1, -0.05) is 24.3 Å². The first kappa shape index (κ1) is 14.0. The van der Waals surface area contributed by atoms with Crippen molar-refractivity contribution in [3.8, 4) is 0 Å². The number of hydrogen-bond acceptors (Lipinski definition) is 3. The van der Waals surface area contributed by atoms with Crippen LogP contribution < -0.4 is 0 Å². The maximum absolute atomic E-state index is 10.7. The van der Waals surface area contributed by atoms with Crippen molar-refractivity contribution in [2.24, 2.45) is 0 Å². The molecule has 4 nitrogen and oxygen atoms in total. The summed E-state index contributed by atoms with van der Waals surface area (Å²) in [6.07, 6.45) is 0.233. The van der Waals surface area contributed by atoms with E-state index in [1.807, 2.05) is 12.1 Å². The van der Waals surface area contributed by atoms with E-state index in [1.165, 1.54) is 11.1 Å². The van der Waals surface area contributed by atoms with E-state index in [4.69, 9.17) is 9.84 Å². The Kier molecular flexibility index (Phi) is 4.56. The van der Waals surface area contributed by atoms with Crippen molar-refractivity contribution in [1.29, 1.82) is 0 Å². The van der Waals surface area contributed by atoms with Crippen LogP contribution in [0.3, 0.4) is 0 Å². The number of carboxylic acid groups (broad SMARTS) is 1. The number of benzene rings is 1. The van der Waals surface area contributed by atoms with Crippen molar-refractivity contribution >= 4 is 5.97 Å². The standard InChI is InChI=1S/C15H21NO3/c1-11-5-3-4-6-13(11)14-9-16(8-7-15(17)18)12(2)10-19-14/h3-6,12,14H,7-10H2,1-2H3,(H,17,18)/t12-,14+/m0/s1. The second-order valence-electron chi connectivity index (χ2n) is 5.17. The topological polar surface area (TPSA) is 49.8 Å². The molecule has 1 fully saturated rings. The molecule has 0 amide bonds. The van der Waals surface area contributed by atoms with Gasteiger partial charge in [0.1, 0.15) is 0 Å². The van der Waals surface area contributed by atoms with Crippen LogP contribution in [0, 0.1) is 6.92 Å². The molecule has 1 saturated heterocycles. The summed E-state index contributed by atoms with van der Waals surface area (Å²) in [4.78, 5) is 12.9. The molecule has 1 aromatic rings. The molecule has 1 aliphatic rings. The summed E-state index contributed by atoms with van der Waals surface area (Å²) in [6.45, 7) is 6.16. The van der Waals surface area contributed by atoms with Gasteiger partial charge in [0, 0.05) is 19.1 Å². The minimum absolute atomic E-state index is 0.0474. The minimum Gasteiger partial charge on any atom is -0.481 e. The number of aliphatic carboxylic acids is 1. The van der Waals surface area contributed by atoms with Gasteiger partial charge in [0.2, 0.25) is 0 Å². The fourth-order valence-electron chi connectivity index (χ4n) is 2.49. The van der Waals surface area contributed by atoms with Crippen molar-refractivity contribution in [1.82, 2.24) is 4.90 Å². The summed E-state index contributed by atoms with van der Waals surface area (Å²) in [6, 6.07) is 8.49. The van der Waals surface area contributed by atoms with Crippen molar-refractivity contribution < 1.29 is 14.6 Å². The first-order chi connectivity index (χ1) is 9.08. The summed E-state index contributed by atoms with van der Waals surface area (Å²) in [5.74, 6) is -0.744. The number of ether oxygens (including phenoxy) is 1. The zero-order valence-electron chi connectivity index (χ0n) is 11.5. The molecule has 0 aliphatic carbocycles. The summed E-state index contributed by atoms with van der Waals surface area (Å²) >= 11 is 0. The van der Waals surface area contributed by atoms with Gasteiger partial charge in [0.05, 0.1) is 19.1 Å². The third-order valence-corrected chi connectivity index (χ3v) is 3.71. The van der Waals surface area contributed by atoms with Crippen molar-refractivity contribution in [3.05, 3.63) is 35.4 Å². The van der Waals surface area contributed by atoms with Crippen molar-refractivity contribution in [3.63, 3.8) is 0 Å². The summed E-state index contributed by atoms with van der Waals surface area (Å²) in [5.41, 5.74) is 2.43. The average molecular weight is 263 g/mol. The Labute approximate surface area is 114 Å². The monoisotopic (exact) mass is 263 g/mol. The first-order valence-corrected chi connectivity index (χ1v) is 6.71. The molecule has 0 aromatic heterocycles. The maximum atomic E-state index is 10.7. The molecule has 4 heteroatoms. The van der Waals surface area contributed by atoms with Gasteiger partial charge in [0.15, 0.2) is 0 Å². The van der Waals surface area contributed by atoms with Crippen molar-refractivity contribution in [2.75, 3.05) is 19.7 Å². The van der Waals surface area contributed by atoms with Crippen LogP contribution >= 0.6 is 0 Å². The molecule has 2 atom stereocenters. The van der Waals surface area contributed by atoms with Crippen LogP contribution in [0.2, 0.25) is 0 Å². The van der Waals surface area contributed by atoms with Crippen LogP contribution in [0.25, 0.3) is 0 Å². The summed E-state index contributed by atoms with van der Waals surface area (Å²) < 4.78 is 5.91. The largest absolute Gasteiger partial charge is 0.481 e. The molecule has 0 unspecified atom stereocenters. The lowest BCUT2D eigenvalue weighted by Crippen LogP contribution is -2.45. The fourth-order valence-corrected chi connectivity index (χ4v) is 2.49. The molecule has 1 aromatic carbocycles. The fraction of sp³-hybridized carbons (Fsp3) is 0.533. The zero-order chi connectivity index (χ0) is 13.8. The lowest BCUT2D eigenvalue weighted by atomic mass is 10.0. The number of carboxylic acids is 1. The number of morpholine rings is 1. The number of hydrogen-bond donors (Lipinski definition) is 1. The number of aryl methyl sites for hydroxylation is 1. The predicted molar refractivity (Wildman–Crippen MR) is 73.2 cm³/mol. The highest BCUT2D eigenvalue weighted by Crippen LogP contribution is 2.27. The van der Waals surface area contributed by atoms with E-state index in [0.717, 1.165) is 6.54 Å². The van der Waals surface area contributed by atoms with E-state index in [-0.39, 0.29) is 18.6 Å². The van der Waals surface area contributed by atoms with E-state index >= 15 is 0 Å². The first-order valence-electron chi connectivity index (χ1n) is 6.71. The molecule has 1 aliphatic heterocycles. The summed E-state index contributed by atoms with van der Waals surface area (Å²) in [5, 5.41) is 8.80. The van der Waals surface area contributed by atoms with Gasteiger partial charge in [0.25, 0.3) is 0 Å². The van der Waals surface area contributed by atoms with Crippen LogP contribution in [-0.4, -0.2) is 41.7 Å². The van der Waals surface area contributed by atoms with E-state index in [9.17, 15) is 4.79 Å². The van der Waals surface area contributed by atoms with E-state index < -0.39 is 5.97 Å². The number of nitrogens with zero attached hydrogens (tertiary/aromatic N) is 1. The molecule has 1 N–H and O–H groups in total. The van der Waals surface area contributed by atoms with E-state index in [2.05, 4.69) is 30.9 Å². The van der Waals surface area contributed by atoms with Crippen LogP contribution in [-0.2, 0) is 9.53 Å². The van der Waals surface area contributed by atoms with Gasteiger partial charge < -0.3 is 9.84 Å². The van der Waals surface area contributed by atoms with Gasteiger partial charge in [-0.2, -0.15) is 0 Å². The van der Waals surface area contributed by atoms with Crippen LogP contribution in [0.4, 0.5) is 0 Å². The highest BCUT2D eigenvalue weighted by molar-refractivity contribution is 5.66. The Hall–Kier alpha value is -1.39. The molecule has 0 spiro atoms. The Balaban J connectivity index is 2.04. The Bertz CT molecular complexity index is 447. The molecule has 104 valence electrons. The maximum Gasteiger partial charge on any atom is 0.304 e. The molecule has 0 saturated carbocycles. The molecule has 0 bridgehead atoms. The van der Waals surface area contributed by atoms with E-state index in [1.54, 1.807) is 0 Å². The van der Waals surface area contributed by atoms with Gasteiger partial charge in [-0.3, -0.25) is 9.69 Å². The van der Waals surface area contributed by atoms with Crippen molar-refractivity contribution in [2.45, 2.75) is 32.4 Å². The minimum atomic E-state index is -0.744. The zero-order valence-corrected chi connectivity index (χ0v) is 11.5. The lowest BCUT2D eigenvalue weighted by Gasteiger charge is -2.38. The number of rotatable bonds is 4. The smallest absolute Gasteiger partial charge is 0.304 e. The molecular weight excluding hydrogens is 242 g/mol. The molecule has 0 radical (unpaired) electrons. The second-order valence-corrected chi connectivity index (χ2v) is 5.17. The lowest BCUT2D eigenvalue weighted by molar-refractivity contribution is -0.138. The molecular formula is C15H21NO3. The average Bonchev–Trinajstić information content (AvgIpc) is 2.38. The third kappa shape index (κ3) is 3.55. The van der Waals surface area contributed by atoms with E-state index in [0.29, 0.717) is 13.2 Å². The highest BCUT2D eigenvalue weighted by Gasteiger charge is 2.27. The molecule has 2 rings (SSSR count). The van der Waals surface area contributed by atoms with Crippen LogP contribution in [0.5, 0.6) is 0 Å². The Morgan fingerprint density at radius 3 is 2.89 bits per heavy atom. The van der Waals surface area contributed by atoms with Gasteiger partial charge in [-0.15, -0.1) is 0 Å². The second kappa shape index (κ2) is 6.17. The Morgan fingerprint density at radius 1 is 1.47 bits per heavy atom. The highest BCUT2D eigenvalue weighted by atomic mass is 16.5. The Morgan fingerprint density at radius 2 is 2.21 bits per heavy atom. The quantitative estimate of drug-likeness (QED) is 0.905. The SMILES string of the molecule is Cc1ccccc1[C@H]1CN(CCC(=O)O)[C@@H](C)CO1. The van der Waals surface area contributed by atoms with Gasteiger partial charge >= 0.3 is 5.97 Å². The van der Waals surface area contributed by atoms with Crippen LogP contribution in [0.1, 0.15) is 30.6 Å².